The molecular formula is C18H24N6O2. The fourth-order valence-corrected chi connectivity index (χ4v) is 3.54. The van der Waals surface area contributed by atoms with E-state index in [1.807, 2.05) is 32.0 Å². The summed E-state index contributed by atoms with van der Waals surface area (Å²) in [6, 6.07) is 2.01. The van der Waals surface area contributed by atoms with E-state index in [4.69, 9.17) is 9.47 Å². The van der Waals surface area contributed by atoms with Gasteiger partial charge in [0.25, 0.3) is 0 Å². The third-order valence-corrected chi connectivity index (χ3v) is 4.85. The average molecular weight is 356 g/mol. The Morgan fingerprint density at radius 1 is 1.27 bits per heavy atom. The molecule has 0 N–H and O–H groups in total. The van der Waals surface area contributed by atoms with Crippen LogP contribution in [0, 0.1) is 6.92 Å². The summed E-state index contributed by atoms with van der Waals surface area (Å²) in [6.07, 6.45) is 6.84. The van der Waals surface area contributed by atoms with Crippen LogP contribution in [0.25, 0.3) is 0 Å². The van der Waals surface area contributed by atoms with Crippen molar-refractivity contribution in [2.45, 2.75) is 31.5 Å². The van der Waals surface area contributed by atoms with Gasteiger partial charge in [-0.05, 0) is 6.92 Å². The van der Waals surface area contributed by atoms with E-state index in [0.29, 0.717) is 12.5 Å². The Morgan fingerprint density at radius 2 is 2.12 bits per heavy atom. The second-order valence-electron chi connectivity index (χ2n) is 7.25. The van der Waals surface area contributed by atoms with Gasteiger partial charge >= 0.3 is 0 Å². The minimum atomic E-state index is -0.163. The van der Waals surface area contributed by atoms with Gasteiger partial charge in [-0.2, -0.15) is 0 Å². The molecule has 138 valence electrons. The van der Waals surface area contributed by atoms with Gasteiger partial charge in [0.2, 0.25) is 5.88 Å². The highest BCUT2D eigenvalue weighted by Gasteiger charge is 2.48. The van der Waals surface area contributed by atoms with Gasteiger partial charge in [-0.3, -0.25) is 4.98 Å². The Hall–Kier alpha value is -2.48. The van der Waals surface area contributed by atoms with Gasteiger partial charge in [-0.25, -0.2) is 15.0 Å². The van der Waals surface area contributed by atoms with E-state index in [-0.39, 0.29) is 11.7 Å². The molecule has 2 saturated heterocycles. The van der Waals surface area contributed by atoms with Crippen LogP contribution in [-0.2, 0) is 4.74 Å². The fourth-order valence-electron chi connectivity index (χ4n) is 3.54. The predicted molar refractivity (Wildman–Crippen MR) is 97.7 cm³/mol. The standard InChI is InChI=1S/C18H24N6O2/c1-13-8-19-9-17(22-13)26-14-4-5-25-18(7-14)10-24(11-18)16-6-15(23(2)3)20-12-21-16/h6,8-9,12,14H,4-5,7,10-11H2,1-3H3/t14-/m1/s1. The summed E-state index contributed by atoms with van der Waals surface area (Å²) in [4.78, 5) is 21.4. The summed E-state index contributed by atoms with van der Waals surface area (Å²) in [6.45, 7) is 4.25. The number of ether oxygens (including phenoxy) is 2. The number of anilines is 2. The van der Waals surface area contributed by atoms with Gasteiger partial charge in [0.05, 0.1) is 31.6 Å². The Balaban J connectivity index is 1.39. The first-order chi connectivity index (χ1) is 12.5. The quantitative estimate of drug-likeness (QED) is 0.815. The molecule has 0 aliphatic carbocycles. The lowest BCUT2D eigenvalue weighted by Crippen LogP contribution is -2.66. The van der Waals surface area contributed by atoms with Crippen LogP contribution in [0.5, 0.6) is 5.88 Å². The van der Waals surface area contributed by atoms with Crippen LogP contribution in [-0.4, -0.2) is 65.4 Å². The summed E-state index contributed by atoms with van der Waals surface area (Å²) in [7, 11) is 3.95. The summed E-state index contributed by atoms with van der Waals surface area (Å²) >= 11 is 0. The Morgan fingerprint density at radius 3 is 2.88 bits per heavy atom. The lowest BCUT2D eigenvalue weighted by Gasteiger charge is -2.53. The zero-order chi connectivity index (χ0) is 18.1. The van der Waals surface area contributed by atoms with Crippen molar-refractivity contribution in [3.63, 3.8) is 0 Å². The van der Waals surface area contributed by atoms with Crippen LogP contribution >= 0.6 is 0 Å². The largest absolute Gasteiger partial charge is 0.473 e. The number of rotatable bonds is 4. The summed E-state index contributed by atoms with van der Waals surface area (Å²) < 4.78 is 12.2. The van der Waals surface area contributed by atoms with Crippen molar-refractivity contribution >= 4 is 11.6 Å². The van der Waals surface area contributed by atoms with Crippen LogP contribution < -0.4 is 14.5 Å². The van der Waals surface area contributed by atoms with Gasteiger partial charge in [0, 0.05) is 39.2 Å². The molecule has 26 heavy (non-hydrogen) atoms. The third-order valence-electron chi connectivity index (χ3n) is 4.85. The topological polar surface area (TPSA) is 76.5 Å². The van der Waals surface area contributed by atoms with Crippen molar-refractivity contribution < 1.29 is 9.47 Å². The Bertz CT molecular complexity index is 778. The minimum Gasteiger partial charge on any atom is -0.473 e. The Labute approximate surface area is 153 Å². The number of hydrogen-bond acceptors (Lipinski definition) is 8. The van der Waals surface area contributed by atoms with Crippen molar-refractivity contribution in [2.75, 3.05) is 43.6 Å². The first kappa shape index (κ1) is 17.0. The molecule has 1 atom stereocenters. The molecule has 2 aromatic heterocycles. The minimum absolute atomic E-state index is 0.102. The van der Waals surface area contributed by atoms with Crippen LogP contribution in [0.1, 0.15) is 18.5 Å². The number of aromatic nitrogens is 4. The molecule has 8 heteroatoms. The highest BCUT2D eigenvalue weighted by molar-refractivity contribution is 5.52. The molecule has 0 saturated carbocycles. The van der Waals surface area contributed by atoms with Crippen molar-refractivity contribution in [2.24, 2.45) is 0 Å². The molecule has 2 fully saturated rings. The van der Waals surface area contributed by atoms with Crippen molar-refractivity contribution in [3.8, 4) is 5.88 Å². The van der Waals surface area contributed by atoms with Gasteiger partial charge in [0.1, 0.15) is 29.7 Å². The van der Waals surface area contributed by atoms with E-state index in [1.165, 1.54) is 0 Å². The number of hydrogen-bond donors (Lipinski definition) is 0. The highest BCUT2D eigenvalue weighted by atomic mass is 16.5. The molecule has 4 rings (SSSR count). The first-order valence-electron chi connectivity index (χ1n) is 8.87. The van der Waals surface area contributed by atoms with Gasteiger partial charge in [-0.15, -0.1) is 0 Å². The molecule has 1 spiro atoms. The molecule has 0 bridgehead atoms. The smallest absolute Gasteiger partial charge is 0.232 e. The second kappa shape index (κ2) is 6.68. The van der Waals surface area contributed by atoms with E-state index >= 15 is 0 Å². The lowest BCUT2D eigenvalue weighted by molar-refractivity contribution is -0.126. The molecule has 2 aliphatic rings. The summed E-state index contributed by atoms with van der Waals surface area (Å²) in [5.74, 6) is 2.43. The molecule has 4 heterocycles. The van der Waals surface area contributed by atoms with Crippen molar-refractivity contribution in [1.29, 1.82) is 0 Å². The normalized spacial score (nSPS) is 21.3. The van der Waals surface area contributed by atoms with Crippen LogP contribution in [0.15, 0.2) is 24.8 Å². The summed E-state index contributed by atoms with van der Waals surface area (Å²) in [5.41, 5.74) is 0.697. The first-order valence-corrected chi connectivity index (χ1v) is 8.87. The number of nitrogens with zero attached hydrogens (tertiary/aromatic N) is 6. The van der Waals surface area contributed by atoms with E-state index in [2.05, 4.69) is 24.8 Å². The van der Waals surface area contributed by atoms with Gasteiger partial charge < -0.3 is 19.3 Å². The van der Waals surface area contributed by atoms with Gasteiger partial charge in [0.15, 0.2) is 0 Å². The third kappa shape index (κ3) is 3.41. The van der Waals surface area contributed by atoms with E-state index < -0.39 is 0 Å². The molecule has 0 radical (unpaired) electrons. The maximum absolute atomic E-state index is 6.11. The van der Waals surface area contributed by atoms with E-state index in [1.54, 1.807) is 18.7 Å². The molecule has 0 amide bonds. The molecule has 0 unspecified atom stereocenters. The maximum Gasteiger partial charge on any atom is 0.232 e. The molecule has 2 aliphatic heterocycles. The lowest BCUT2D eigenvalue weighted by atomic mass is 9.84. The molecule has 0 aromatic carbocycles. The van der Waals surface area contributed by atoms with Crippen molar-refractivity contribution in [3.05, 3.63) is 30.5 Å². The monoisotopic (exact) mass is 356 g/mol. The average Bonchev–Trinajstić information content (AvgIpc) is 2.60. The molecule has 2 aromatic rings. The number of aryl methyl sites for hydroxylation is 1. The zero-order valence-corrected chi connectivity index (χ0v) is 15.4. The zero-order valence-electron chi connectivity index (χ0n) is 15.4. The predicted octanol–water partition coefficient (Wildman–Crippen LogP) is 1.46. The molecule has 8 nitrogen and oxygen atoms in total. The van der Waals surface area contributed by atoms with E-state index in [9.17, 15) is 0 Å². The van der Waals surface area contributed by atoms with E-state index in [0.717, 1.165) is 43.3 Å². The maximum atomic E-state index is 6.11. The van der Waals surface area contributed by atoms with Gasteiger partial charge in [-0.1, -0.05) is 0 Å². The summed E-state index contributed by atoms with van der Waals surface area (Å²) in [5, 5.41) is 0. The second-order valence-corrected chi connectivity index (χ2v) is 7.25. The van der Waals surface area contributed by atoms with Crippen LogP contribution in [0.2, 0.25) is 0 Å². The van der Waals surface area contributed by atoms with Crippen molar-refractivity contribution in [1.82, 2.24) is 19.9 Å². The SMILES string of the molecule is Cc1cncc(O[C@@H]2CCOC3(C2)CN(c2cc(N(C)C)ncn2)C3)n1. The molecular weight excluding hydrogens is 332 g/mol. The van der Waals surface area contributed by atoms with Crippen LogP contribution in [0.4, 0.5) is 11.6 Å². The Kier molecular flexibility index (Phi) is 4.36. The van der Waals surface area contributed by atoms with Crippen LogP contribution in [0.3, 0.4) is 0 Å². The highest BCUT2D eigenvalue weighted by Crippen LogP contribution is 2.37. The fraction of sp³-hybridized carbons (Fsp3) is 0.556.